The smallest absolute Gasteiger partial charge is 0.295 e. The van der Waals surface area contributed by atoms with Crippen LogP contribution in [0.5, 0.6) is 23.0 Å². The second kappa shape index (κ2) is 12.8. The molecule has 0 bridgehead atoms. The Morgan fingerprint density at radius 3 is 1.07 bits per heavy atom. The lowest BCUT2D eigenvalue weighted by atomic mass is 10.1. The van der Waals surface area contributed by atoms with Gasteiger partial charge in [0.25, 0.3) is 20.2 Å². The van der Waals surface area contributed by atoms with Crippen LogP contribution in [0.25, 0.3) is 12.2 Å². The van der Waals surface area contributed by atoms with Gasteiger partial charge in [-0.3, -0.25) is 9.11 Å². The van der Waals surface area contributed by atoms with E-state index in [2.05, 4.69) is 20.5 Å². The molecule has 0 heterocycles. The summed E-state index contributed by atoms with van der Waals surface area (Å²) in [5, 5.41) is 53.3. The van der Waals surface area contributed by atoms with Crippen molar-refractivity contribution >= 4 is 55.1 Å². The number of azo groups is 2. The zero-order valence-corrected chi connectivity index (χ0v) is 23.3. The lowest BCUT2D eigenvalue weighted by molar-refractivity contribution is 0.404. The maximum absolute atomic E-state index is 12.1. The average Bonchev–Trinajstić information content (AvgIpc) is 2.92. The topological polar surface area (TPSA) is 274 Å². The van der Waals surface area contributed by atoms with Crippen molar-refractivity contribution in [2.75, 3.05) is 0 Å². The van der Waals surface area contributed by atoms with Crippen molar-refractivity contribution in [2.24, 2.45) is 20.5 Å². The maximum atomic E-state index is 12.1. The normalized spacial score (nSPS) is 12.2. The van der Waals surface area contributed by atoms with Crippen molar-refractivity contribution in [3.63, 3.8) is 0 Å². The van der Waals surface area contributed by atoms with E-state index in [9.17, 15) is 46.4 Å². The Morgan fingerprint density at radius 1 is 0.465 bits per heavy atom. The third kappa shape index (κ3) is 8.18. The second-order valence-corrected chi connectivity index (χ2v) is 11.3. The van der Waals surface area contributed by atoms with Gasteiger partial charge in [0.05, 0.1) is 22.7 Å². The predicted octanol–water partition coefficient (Wildman–Crippen LogP) is 6.17. The minimum atomic E-state index is -4.79. The molecule has 0 aliphatic carbocycles. The van der Waals surface area contributed by atoms with Crippen LogP contribution in [0.15, 0.2) is 103 Å². The summed E-state index contributed by atoms with van der Waals surface area (Å²) in [5.41, 5.74) is 0.173. The van der Waals surface area contributed by atoms with Gasteiger partial charge in [-0.25, -0.2) is 0 Å². The number of benzene rings is 4. The average molecular weight is 630 g/mol. The molecule has 4 aromatic carbocycles. The van der Waals surface area contributed by atoms with Crippen molar-refractivity contribution in [2.45, 2.75) is 9.79 Å². The molecule has 0 saturated carbocycles. The zero-order valence-electron chi connectivity index (χ0n) is 21.7. The third-order valence-electron chi connectivity index (χ3n) is 5.47. The van der Waals surface area contributed by atoms with E-state index in [1.807, 2.05) is 0 Å². The Morgan fingerprint density at radius 2 is 0.767 bits per heavy atom. The van der Waals surface area contributed by atoms with Crippen LogP contribution < -0.4 is 6.15 Å². The van der Waals surface area contributed by atoms with Crippen molar-refractivity contribution in [3.05, 3.63) is 83.9 Å². The Bertz CT molecular complexity index is 1850. The summed E-state index contributed by atoms with van der Waals surface area (Å²) in [4.78, 5) is -1.17. The molecule has 0 aromatic heterocycles. The van der Waals surface area contributed by atoms with Gasteiger partial charge in [0, 0.05) is 12.1 Å². The quantitative estimate of drug-likeness (QED) is 0.0501. The summed E-state index contributed by atoms with van der Waals surface area (Å²) in [6.07, 6.45) is 2.37. The molecule has 0 aliphatic rings. The van der Waals surface area contributed by atoms with Crippen LogP contribution in [0, 0.1) is 0 Å². The summed E-state index contributed by atoms with van der Waals surface area (Å²) < 4.78 is 67.8. The first-order valence-corrected chi connectivity index (χ1v) is 14.4. The Hall–Kier alpha value is -5.20. The van der Waals surface area contributed by atoms with Gasteiger partial charge in [-0.2, -0.15) is 37.3 Å². The number of phenolic OH excluding ortho intramolecular Hbond substituents is 4. The summed E-state index contributed by atoms with van der Waals surface area (Å²) in [6.45, 7) is 0. The second-order valence-electron chi connectivity index (χ2n) is 8.47. The molecule has 0 atom stereocenters. The fourth-order valence-electron chi connectivity index (χ4n) is 3.45. The van der Waals surface area contributed by atoms with Gasteiger partial charge in [-0.15, -0.1) is 0 Å². The zero-order chi connectivity index (χ0) is 30.7. The number of hydrogen-bond acceptors (Lipinski definition) is 13. The molecular formula is C26H23N5O10S2. The van der Waals surface area contributed by atoms with E-state index in [-0.39, 0.29) is 51.5 Å². The number of hydrogen-bond donors (Lipinski definition) is 7. The van der Waals surface area contributed by atoms with E-state index in [1.54, 1.807) is 0 Å². The Kier molecular flexibility index (Phi) is 9.59. The highest BCUT2D eigenvalue weighted by Crippen LogP contribution is 2.33. The van der Waals surface area contributed by atoms with Gasteiger partial charge in [0.1, 0.15) is 9.79 Å². The van der Waals surface area contributed by atoms with Gasteiger partial charge < -0.3 is 26.6 Å². The maximum Gasteiger partial charge on any atom is 0.295 e. The SMILES string of the molecule is N.O=S(=O)(O)c1cc(N=Nc2ccc(O)c(O)c2)ccc1/C=C/c1ccc(N=Nc2ccc(O)c(O)c2)cc1S(=O)(=O)O. The highest BCUT2D eigenvalue weighted by molar-refractivity contribution is 7.86. The lowest BCUT2D eigenvalue weighted by Crippen LogP contribution is -2.01. The minimum Gasteiger partial charge on any atom is -0.504 e. The van der Waals surface area contributed by atoms with Gasteiger partial charge in [0.2, 0.25) is 0 Å². The Labute approximate surface area is 244 Å². The number of nitrogens with zero attached hydrogens (tertiary/aromatic N) is 4. The molecule has 9 N–H and O–H groups in total. The molecule has 4 rings (SSSR count). The molecule has 17 heteroatoms. The highest BCUT2D eigenvalue weighted by Gasteiger charge is 2.18. The van der Waals surface area contributed by atoms with Gasteiger partial charge >= 0.3 is 0 Å². The van der Waals surface area contributed by atoms with Crippen molar-refractivity contribution in [1.82, 2.24) is 6.15 Å². The van der Waals surface area contributed by atoms with Crippen LogP contribution in [-0.4, -0.2) is 46.4 Å². The van der Waals surface area contributed by atoms with Crippen LogP contribution in [-0.2, 0) is 20.2 Å². The molecule has 15 nitrogen and oxygen atoms in total. The van der Waals surface area contributed by atoms with E-state index in [4.69, 9.17) is 0 Å². The van der Waals surface area contributed by atoms with Crippen molar-refractivity contribution in [1.29, 1.82) is 0 Å². The lowest BCUT2D eigenvalue weighted by Gasteiger charge is -2.06. The molecule has 0 unspecified atom stereocenters. The van der Waals surface area contributed by atoms with Gasteiger partial charge in [0.15, 0.2) is 23.0 Å². The summed E-state index contributed by atoms with van der Waals surface area (Å²) in [6, 6.07) is 14.6. The molecule has 0 aliphatic heterocycles. The summed E-state index contributed by atoms with van der Waals surface area (Å²) in [7, 11) is -9.59. The Balaban J connectivity index is 0.00000506. The standard InChI is InChI=1S/C26H20N4O10S2.H3N/c31-21-9-7-17(11-23(21)33)27-29-19-5-3-15(25(13-19)41(35,36)37)1-2-16-4-6-20(14-26(16)42(38,39)40)30-28-18-8-10-22(32)24(34)12-18;/h1-14,31-34H,(H,35,36,37)(H,38,39,40);1H3/b2-1+,29-27?,30-28?;. The largest absolute Gasteiger partial charge is 0.504 e. The molecule has 0 fully saturated rings. The minimum absolute atomic E-state index is 0. The molecule has 0 spiro atoms. The predicted molar refractivity (Wildman–Crippen MR) is 154 cm³/mol. The van der Waals surface area contributed by atoms with Crippen LogP contribution in [0.3, 0.4) is 0 Å². The summed E-state index contributed by atoms with van der Waals surface area (Å²) >= 11 is 0. The van der Waals surface area contributed by atoms with Crippen molar-refractivity contribution in [3.8, 4) is 23.0 Å². The molecule has 0 radical (unpaired) electrons. The summed E-state index contributed by atoms with van der Waals surface area (Å²) in [5.74, 6) is -1.62. The van der Waals surface area contributed by atoms with E-state index in [0.29, 0.717) is 0 Å². The number of aromatic hydroxyl groups is 4. The van der Waals surface area contributed by atoms with Gasteiger partial charge in [-0.05, 0) is 59.7 Å². The van der Waals surface area contributed by atoms with E-state index < -0.39 is 41.5 Å². The fourth-order valence-corrected chi connectivity index (χ4v) is 4.86. The van der Waals surface area contributed by atoms with Crippen LogP contribution in [0.2, 0.25) is 0 Å². The first kappa shape index (κ1) is 32.3. The van der Waals surface area contributed by atoms with E-state index in [0.717, 1.165) is 24.3 Å². The highest BCUT2D eigenvalue weighted by atomic mass is 32.2. The van der Waals surface area contributed by atoms with E-state index >= 15 is 0 Å². The van der Waals surface area contributed by atoms with Crippen LogP contribution in [0.4, 0.5) is 22.7 Å². The third-order valence-corrected chi connectivity index (χ3v) is 7.29. The monoisotopic (exact) mass is 629 g/mol. The molecular weight excluding hydrogens is 606 g/mol. The molecule has 0 amide bonds. The number of rotatable bonds is 8. The van der Waals surface area contributed by atoms with Crippen molar-refractivity contribution < 1.29 is 46.4 Å². The molecule has 224 valence electrons. The molecule has 43 heavy (non-hydrogen) atoms. The first-order valence-electron chi connectivity index (χ1n) is 11.5. The van der Waals surface area contributed by atoms with E-state index in [1.165, 1.54) is 60.7 Å². The number of phenols is 4. The van der Waals surface area contributed by atoms with Crippen LogP contribution >= 0.6 is 0 Å². The fraction of sp³-hybridized carbons (Fsp3) is 0. The first-order chi connectivity index (χ1) is 19.7. The van der Waals surface area contributed by atoms with Gasteiger partial charge in [-0.1, -0.05) is 24.3 Å². The molecule has 4 aromatic rings. The van der Waals surface area contributed by atoms with Crippen LogP contribution in [0.1, 0.15) is 11.1 Å². The molecule has 0 saturated heterocycles.